The van der Waals surface area contributed by atoms with Crippen LogP contribution >= 0.6 is 0 Å². The molecule has 1 atom stereocenters. The van der Waals surface area contributed by atoms with Gasteiger partial charge in [-0.25, -0.2) is 4.39 Å². The average Bonchev–Trinajstić information content (AvgIpc) is 2.58. The number of ketones is 1. The second-order valence-corrected chi connectivity index (χ2v) is 4.14. The summed E-state index contributed by atoms with van der Waals surface area (Å²) in [6.45, 7) is 1.80. The number of carbonyl (C=O) groups excluding carboxylic acids is 2. The number of carbonyl (C=O) groups is 2. The van der Waals surface area contributed by atoms with Crippen LogP contribution in [0.1, 0.15) is 23.7 Å². The molecule has 0 radical (unpaired) electrons. The minimum absolute atomic E-state index is 0.0665. The van der Waals surface area contributed by atoms with Crippen LogP contribution < -0.4 is 5.32 Å². The minimum atomic E-state index is -0.378. The maximum atomic E-state index is 12.7. The third-order valence-electron chi connectivity index (χ3n) is 2.69. The minimum Gasteiger partial charge on any atom is -0.329 e. The topological polar surface area (TPSA) is 46.2 Å². The van der Waals surface area contributed by atoms with Crippen LogP contribution in [0.15, 0.2) is 36.0 Å². The first-order valence-corrected chi connectivity index (χ1v) is 5.37. The van der Waals surface area contributed by atoms with E-state index in [1.54, 1.807) is 6.92 Å². The molecule has 0 aromatic heterocycles. The van der Waals surface area contributed by atoms with Gasteiger partial charge in [-0.3, -0.25) is 9.59 Å². The number of hydrogen-bond acceptors (Lipinski definition) is 2. The monoisotopic (exact) mass is 233 g/mol. The zero-order valence-electron chi connectivity index (χ0n) is 9.37. The van der Waals surface area contributed by atoms with E-state index in [0.29, 0.717) is 17.7 Å². The van der Waals surface area contributed by atoms with Crippen LogP contribution in [-0.4, -0.2) is 11.7 Å². The molecule has 1 heterocycles. The fourth-order valence-corrected chi connectivity index (χ4v) is 1.71. The van der Waals surface area contributed by atoms with Crippen LogP contribution in [0.5, 0.6) is 0 Å². The molecule has 0 aliphatic carbocycles. The lowest BCUT2D eigenvalue weighted by Crippen LogP contribution is -2.16. The first-order chi connectivity index (χ1) is 8.06. The smallest absolute Gasteiger partial charge is 0.227 e. The Balaban J connectivity index is 2.14. The Morgan fingerprint density at radius 3 is 2.59 bits per heavy atom. The van der Waals surface area contributed by atoms with Gasteiger partial charge in [-0.1, -0.05) is 6.92 Å². The van der Waals surface area contributed by atoms with Gasteiger partial charge in [-0.05, 0) is 30.7 Å². The van der Waals surface area contributed by atoms with Crippen LogP contribution in [0.3, 0.4) is 0 Å². The molecule has 1 aliphatic rings. The highest BCUT2D eigenvalue weighted by Crippen LogP contribution is 2.18. The maximum absolute atomic E-state index is 12.7. The molecule has 1 aromatic rings. The predicted molar refractivity (Wildman–Crippen MR) is 60.7 cm³/mol. The SMILES string of the molecule is CC1CC(=CC(=O)c2ccc(F)cc2)NC1=O. The van der Waals surface area contributed by atoms with Gasteiger partial charge in [0.15, 0.2) is 5.78 Å². The Morgan fingerprint density at radius 2 is 2.06 bits per heavy atom. The number of amides is 1. The van der Waals surface area contributed by atoms with Gasteiger partial charge >= 0.3 is 0 Å². The highest BCUT2D eigenvalue weighted by molar-refractivity contribution is 6.05. The number of allylic oxidation sites excluding steroid dienone is 2. The number of halogens is 1. The molecule has 1 unspecified atom stereocenters. The summed E-state index contributed by atoms with van der Waals surface area (Å²) in [6, 6.07) is 5.33. The molecule has 0 spiro atoms. The highest BCUT2D eigenvalue weighted by Gasteiger charge is 2.23. The second kappa shape index (κ2) is 4.49. The van der Waals surface area contributed by atoms with Crippen molar-refractivity contribution in [2.24, 2.45) is 5.92 Å². The molecule has 4 heteroatoms. The normalized spacial score (nSPS) is 21.6. The van der Waals surface area contributed by atoms with E-state index in [0.717, 1.165) is 0 Å². The standard InChI is InChI=1S/C13H12FNO2/c1-8-6-11(15-13(8)17)7-12(16)9-2-4-10(14)5-3-9/h2-5,7-8H,6H2,1H3,(H,15,17). The van der Waals surface area contributed by atoms with Crippen molar-refractivity contribution in [3.05, 3.63) is 47.4 Å². The summed E-state index contributed by atoms with van der Waals surface area (Å²) in [5, 5.41) is 2.64. The average molecular weight is 233 g/mol. The fourth-order valence-electron chi connectivity index (χ4n) is 1.71. The second-order valence-electron chi connectivity index (χ2n) is 4.14. The van der Waals surface area contributed by atoms with Gasteiger partial charge in [0.1, 0.15) is 5.82 Å². The van der Waals surface area contributed by atoms with Crippen LogP contribution in [0.4, 0.5) is 4.39 Å². The van der Waals surface area contributed by atoms with Crippen molar-refractivity contribution in [2.75, 3.05) is 0 Å². The Labute approximate surface area is 98.3 Å². The summed E-state index contributed by atoms with van der Waals surface area (Å²) in [7, 11) is 0. The molecule has 3 nitrogen and oxygen atoms in total. The zero-order valence-corrected chi connectivity index (χ0v) is 9.37. The lowest BCUT2D eigenvalue weighted by Gasteiger charge is -1.98. The Hall–Kier alpha value is -1.97. The molecule has 1 aliphatic heterocycles. The molecule has 1 aromatic carbocycles. The Kier molecular flexibility index (Phi) is 3.04. The molecule has 1 saturated heterocycles. The number of hydrogen-bond donors (Lipinski definition) is 1. The summed E-state index contributed by atoms with van der Waals surface area (Å²) < 4.78 is 12.7. The number of benzene rings is 1. The lowest BCUT2D eigenvalue weighted by atomic mass is 10.1. The molecule has 1 fully saturated rings. The van der Waals surface area contributed by atoms with E-state index < -0.39 is 0 Å². The van der Waals surface area contributed by atoms with E-state index in [1.165, 1.54) is 30.3 Å². The molecular formula is C13H12FNO2. The Bertz CT molecular complexity index is 491. The highest BCUT2D eigenvalue weighted by atomic mass is 19.1. The zero-order chi connectivity index (χ0) is 12.4. The molecular weight excluding hydrogens is 221 g/mol. The first-order valence-electron chi connectivity index (χ1n) is 5.37. The molecule has 88 valence electrons. The molecule has 1 amide bonds. The van der Waals surface area contributed by atoms with Crippen LogP contribution in [-0.2, 0) is 4.79 Å². The van der Waals surface area contributed by atoms with Crippen LogP contribution in [0.25, 0.3) is 0 Å². The van der Waals surface area contributed by atoms with Crippen molar-refractivity contribution in [1.82, 2.24) is 5.32 Å². The van der Waals surface area contributed by atoms with Crippen molar-refractivity contribution < 1.29 is 14.0 Å². The molecule has 0 bridgehead atoms. The van der Waals surface area contributed by atoms with E-state index in [1.807, 2.05) is 0 Å². The fraction of sp³-hybridized carbons (Fsp3) is 0.231. The van der Waals surface area contributed by atoms with Gasteiger partial charge in [0.25, 0.3) is 0 Å². The van der Waals surface area contributed by atoms with E-state index in [4.69, 9.17) is 0 Å². The van der Waals surface area contributed by atoms with E-state index in [-0.39, 0.29) is 23.4 Å². The van der Waals surface area contributed by atoms with Gasteiger partial charge < -0.3 is 5.32 Å². The molecule has 0 saturated carbocycles. The third kappa shape index (κ3) is 2.58. The summed E-state index contributed by atoms with van der Waals surface area (Å²) >= 11 is 0. The number of rotatable bonds is 2. The van der Waals surface area contributed by atoms with E-state index >= 15 is 0 Å². The summed E-state index contributed by atoms with van der Waals surface area (Å²) in [5.74, 6) is -0.767. The van der Waals surface area contributed by atoms with Crippen LogP contribution in [0.2, 0.25) is 0 Å². The first kappa shape index (κ1) is 11.5. The lowest BCUT2D eigenvalue weighted by molar-refractivity contribution is -0.121. The van der Waals surface area contributed by atoms with E-state index in [2.05, 4.69) is 5.32 Å². The molecule has 2 rings (SSSR count). The quantitative estimate of drug-likeness (QED) is 0.627. The summed E-state index contributed by atoms with van der Waals surface area (Å²) in [5.41, 5.74) is 1.03. The van der Waals surface area contributed by atoms with E-state index in [9.17, 15) is 14.0 Å². The van der Waals surface area contributed by atoms with Gasteiger partial charge in [-0.15, -0.1) is 0 Å². The largest absolute Gasteiger partial charge is 0.329 e. The summed E-state index contributed by atoms with van der Waals surface area (Å²) in [6.07, 6.45) is 1.94. The van der Waals surface area contributed by atoms with Crippen molar-refractivity contribution in [3.8, 4) is 0 Å². The summed E-state index contributed by atoms with van der Waals surface area (Å²) in [4.78, 5) is 23.0. The van der Waals surface area contributed by atoms with Crippen molar-refractivity contribution in [3.63, 3.8) is 0 Å². The number of nitrogens with one attached hydrogen (secondary N) is 1. The Morgan fingerprint density at radius 1 is 1.41 bits per heavy atom. The van der Waals surface area contributed by atoms with Crippen LogP contribution in [0, 0.1) is 11.7 Å². The molecule has 1 N–H and O–H groups in total. The maximum Gasteiger partial charge on any atom is 0.227 e. The van der Waals surface area contributed by atoms with Gasteiger partial charge in [-0.2, -0.15) is 0 Å². The van der Waals surface area contributed by atoms with Crippen molar-refractivity contribution >= 4 is 11.7 Å². The predicted octanol–water partition coefficient (Wildman–Crippen LogP) is 2.05. The van der Waals surface area contributed by atoms with Gasteiger partial charge in [0.2, 0.25) is 5.91 Å². The van der Waals surface area contributed by atoms with Crippen molar-refractivity contribution in [2.45, 2.75) is 13.3 Å². The van der Waals surface area contributed by atoms with Gasteiger partial charge in [0.05, 0.1) is 0 Å². The van der Waals surface area contributed by atoms with Crippen molar-refractivity contribution in [1.29, 1.82) is 0 Å². The third-order valence-corrected chi connectivity index (χ3v) is 2.69. The van der Waals surface area contributed by atoms with Gasteiger partial charge in [0, 0.05) is 23.3 Å². The molecule has 17 heavy (non-hydrogen) atoms.